The second-order valence-corrected chi connectivity index (χ2v) is 7.89. The summed E-state index contributed by atoms with van der Waals surface area (Å²) in [4.78, 5) is 24.7. The first-order chi connectivity index (χ1) is 14.7. The Balaban J connectivity index is 1.17. The third-order valence-corrected chi connectivity index (χ3v) is 5.64. The Morgan fingerprint density at radius 2 is 1.93 bits per heavy atom. The molecule has 1 fully saturated rings. The van der Waals surface area contributed by atoms with E-state index in [2.05, 4.69) is 26.2 Å². The molecule has 2 heterocycles. The Kier molecular flexibility index (Phi) is 4.74. The van der Waals surface area contributed by atoms with E-state index in [0.29, 0.717) is 31.0 Å². The number of hydrogen-bond acceptors (Lipinski definition) is 5. The van der Waals surface area contributed by atoms with E-state index in [1.165, 1.54) is 0 Å². The molecule has 152 valence electrons. The predicted molar refractivity (Wildman–Crippen MR) is 112 cm³/mol. The minimum absolute atomic E-state index is 0.0146. The van der Waals surface area contributed by atoms with E-state index in [1.54, 1.807) is 0 Å². The fraction of sp³-hybridized carbons (Fsp3) is 0.318. The molecule has 2 aromatic carbocycles. The number of nitrogens with zero attached hydrogens (tertiary/aromatic N) is 4. The second kappa shape index (κ2) is 7.70. The van der Waals surface area contributed by atoms with E-state index in [9.17, 15) is 9.59 Å². The molecule has 5 rings (SSSR count). The molecule has 1 aliphatic heterocycles. The number of rotatable bonds is 6. The summed E-state index contributed by atoms with van der Waals surface area (Å²) in [7, 11) is 0. The zero-order valence-corrected chi connectivity index (χ0v) is 16.4. The van der Waals surface area contributed by atoms with Crippen molar-refractivity contribution >= 4 is 23.2 Å². The molecule has 1 saturated carbocycles. The molecule has 1 unspecified atom stereocenters. The molecule has 0 saturated heterocycles. The summed E-state index contributed by atoms with van der Waals surface area (Å²) < 4.78 is 1.86. The normalized spacial score (nSPS) is 17.9. The Hall–Kier alpha value is -3.55. The first-order valence-corrected chi connectivity index (χ1v) is 10.2. The van der Waals surface area contributed by atoms with Crippen LogP contribution in [-0.2, 0) is 16.0 Å². The molecule has 0 bridgehead atoms. The molecule has 0 radical (unpaired) electrons. The largest absolute Gasteiger partial charge is 0.326 e. The summed E-state index contributed by atoms with van der Waals surface area (Å²) in [6.45, 7) is 0. The summed E-state index contributed by atoms with van der Waals surface area (Å²) in [5, 5.41) is 17.8. The number of nitrogens with one attached hydrogen (secondary N) is 2. The fourth-order valence-electron chi connectivity index (χ4n) is 3.83. The molecule has 3 aromatic rings. The maximum atomic E-state index is 12.4. The summed E-state index contributed by atoms with van der Waals surface area (Å²) in [5.74, 6) is 0.449. The van der Waals surface area contributed by atoms with Gasteiger partial charge in [-0.2, -0.15) is 0 Å². The average Bonchev–Trinajstić information content (AvgIpc) is 3.49. The van der Waals surface area contributed by atoms with Gasteiger partial charge >= 0.3 is 0 Å². The number of carbonyl (C=O) groups excluding carboxylic acids is 2. The van der Waals surface area contributed by atoms with Crippen LogP contribution in [0.3, 0.4) is 0 Å². The highest BCUT2D eigenvalue weighted by Crippen LogP contribution is 2.36. The van der Waals surface area contributed by atoms with E-state index < -0.39 is 0 Å². The van der Waals surface area contributed by atoms with Gasteiger partial charge in [0.05, 0.1) is 6.04 Å². The van der Waals surface area contributed by atoms with Gasteiger partial charge in [0.15, 0.2) is 5.82 Å². The van der Waals surface area contributed by atoms with Crippen LogP contribution in [0.15, 0.2) is 48.5 Å². The molecule has 8 nitrogen and oxygen atoms in total. The quantitative estimate of drug-likeness (QED) is 0.659. The number of fused-ring (bicyclic) bond motifs is 1. The molecular weight excluding hydrogens is 380 g/mol. The summed E-state index contributed by atoms with van der Waals surface area (Å²) in [6, 6.07) is 15.7. The smallest absolute Gasteiger partial charge is 0.227 e. The molecule has 1 atom stereocenters. The lowest BCUT2D eigenvalue weighted by Crippen LogP contribution is -2.30. The molecule has 30 heavy (non-hydrogen) atoms. The van der Waals surface area contributed by atoms with Crippen LogP contribution < -0.4 is 10.6 Å². The highest BCUT2D eigenvalue weighted by Gasteiger charge is 2.28. The molecular formula is C22H22N6O2. The van der Waals surface area contributed by atoms with Gasteiger partial charge in [0.2, 0.25) is 11.8 Å². The first-order valence-electron chi connectivity index (χ1n) is 10.2. The standard InChI is InChI=1S/C22H22N6O2/c29-20(12-7-16-13-15-3-1-2-4-19(15)24-22(16)30)23-17-8-5-14(6-9-17)21-25-26-27-28(21)18-10-11-18/h1-6,8-9,16,18H,7,10-13H2,(H,23,29)(H,24,30). The third-order valence-electron chi connectivity index (χ3n) is 5.64. The predicted octanol–water partition coefficient (Wildman–Crippen LogP) is 3.20. The Labute approximate surface area is 173 Å². The number of para-hydroxylation sites is 1. The highest BCUT2D eigenvalue weighted by molar-refractivity contribution is 5.96. The summed E-state index contributed by atoms with van der Waals surface area (Å²) in [6.07, 6.45) is 3.69. The van der Waals surface area contributed by atoms with Crippen molar-refractivity contribution in [3.8, 4) is 11.4 Å². The molecule has 1 aromatic heterocycles. The van der Waals surface area contributed by atoms with Gasteiger partial charge < -0.3 is 10.6 Å². The van der Waals surface area contributed by atoms with Gasteiger partial charge in [-0.05, 0) is 72.0 Å². The zero-order chi connectivity index (χ0) is 20.5. The molecule has 1 aliphatic carbocycles. The van der Waals surface area contributed by atoms with Gasteiger partial charge in [-0.1, -0.05) is 18.2 Å². The number of amides is 2. The topological polar surface area (TPSA) is 102 Å². The van der Waals surface area contributed by atoms with E-state index >= 15 is 0 Å². The van der Waals surface area contributed by atoms with Crippen molar-refractivity contribution in [2.75, 3.05) is 10.6 Å². The average molecular weight is 402 g/mol. The van der Waals surface area contributed by atoms with Crippen LogP contribution in [-0.4, -0.2) is 32.0 Å². The maximum Gasteiger partial charge on any atom is 0.227 e. The number of hydrogen-bond donors (Lipinski definition) is 2. The molecule has 0 spiro atoms. The minimum Gasteiger partial charge on any atom is -0.326 e. The summed E-state index contributed by atoms with van der Waals surface area (Å²) >= 11 is 0. The second-order valence-electron chi connectivity index (χ2n) is 7.89. The number of benzene rings is 2. The van der Waals surface area contributed by atoms with Crippen molar-refractivity contribution in [3.05, 3.63) is 54.1 Å². The van der Waals surface area contributed by atoms with Gasteiger partial charge in [-0.25, -0.2) is 4.68 Å². The first kappa shape index (κ1) is 18.5. The SMILES string of the molecule is O=C(CCC1Cc2ccccc2NC1=O)Nc1ccc(-c2nnnn2C2CC2)cc1. The lowest BCUT2D eigenvalue weighted by atomic mass is 9.89. The Morgan fingerprint density at radius 3 is 2.73 bits per heavy atom. The maximum absolute atomic E-state index is 12.4. The van der Waals surface area contributed by atoms with Crippen molar-refractivity contribution in [1.82, 2.24) is 20.2 Å². The van der Waals surface area contributed by atoms with Crippen LogP contribution in [0.2, 0.25) is 0 Å². The van der Waals surface area contributed by atoms with Crippen molar-refractivity contribution in [2.45, 2.75) is 38.1 Å². The van der Waals surface area contributed by atoms with Gasteiger partial charge in [-0.15, -0.1) is 5.10 Å². The van der Waals surface area contributed by atoms with Crippen LogP contribution in [0.5, 0.6) is 0 Å². The van der Waals surface area contributed by atoms with Crippen LogP contribution in [0, 0.1) is 5.92 Å². The zero-order valence-electron chi connectivity index (χ0n) is 16.4. The van der Waals surface area contributed by atoms with Gasteiger partial charge in [-0.3, -0.25) is 9.59 Å². The van der Waals surface area contributed by atoms with Crippen LogP contribution >= 0.6 is 0 Å². The number of anilines is 2. The summed E-state index contributed by atoms with van der Waals surface area (Å²) in [5.41, 5.74) is 3.62. The lowest BCUT2D eigenvalue weighted by molar-refractivity contribution is -0.121. The lowest BCUT2D eigenvalue weighted by Gasteiger charge is -2.24. The molecule has 8 heteroatoms. The molecule has 2 aliphatic rings. The van der Waals surface area contributed by atoms with Gasteiger partial charge in [0, 0.05) is 29.3 Å². The van der Waals surface area contributed by atoms with Crippen molar-refractivity contribution in [1.29, 1.82) is 0 Å². The minimum atomic E-state index is -0.186. The van der Waals surface area contributed by atoms with E-state index in [0.717, 1.165) is 35.5 Å². The van der Waals surface area contributed by atoms with E-state index in [1.807, 2.05) is 53.2 Å². The Bertz CT molecular complexity index is 1090. The van der Waals surface area contributed by atoms with Crippen LogP contribution in [0.4, 0.5) is 11.4 Å². The van der Waals surface area contributed by atoms with E-state index in [-0.39, 0.29) is 17.7 Å². The van der Waals surface area contributed by atoms with E-state index in [4.69, 9.17) is 0 Å². The third kappa shape index (κ3) is 3.80. The molecule has 2 N–H and O–H groups in total. The van der Waals surface area contributed by atoms with Gasteiger partial charge in [0.25, 0.3) is 0 Å². The van der Waals surface area contributed by atoms with Crippen molar-refractivity contribution < 1.29 is 9.59 Å². The monoisotopic (exact) mass is 402 g/mol. The Morgan fingerprint density at radius 1 is 1.13 bits per heavy atom. The highest BCUT2D eigenvalue weighted by atomic mass is 16.2. The number of tetrazole rings is 1. The molecule has 2 amide bonds. The van der Waals surface area contributed by atoms with Crippen molar-refractivity contribution in [2.24, 2.45) is 5.92 Å². The van der Waals surface area contributed by atoms with Crippen LogP contribution in [0.25, 0.3) is 11.4 Å². The fourth-order valence-corrected chi connectivity index (χ4v) is 3.83. The number of aromatic nitrogens is 4. The van der Waals surface area contributed by atoms with Crippen LogP contribution in [0.1, 0.15) is 37.3 Å². The number of carbonyl (C=O) groups is 2. The van der Waals surface area contributed by atoms with Crippen molar-refractivity contribution in [3.63, 3.8) is 0 Å². The van der Waals surface area contributed by atoms with Gasteiger partial charge in [0.1, 0.15) is 0 Å².